The normalized spacial score (nSPS) is 12.0. The van der Waals surface area contributed by atoms with Gasteiger partial charge in [0.05, 0.1) is 6.04 Å². The highest BCUT2D eigenvalue weighted by Gasteiger charge is 2.19. The van der Waals surface area contributed by atoms with Gasteiger partial charge < -0.3 is 4.90 Å². The molecule has 0 bridgehead atoms. The standard InChI is InChI=1S/C16H17BrN2O/c1-11-4-6-13(7-5-11)12(2)19(3)16(20)15-9-8-14(17)10-18-15/h4-10,12H,1-3H3. The molecule has 0 N–H and O–H groups in total. The Morgan fingerprint density at radius 3 is 2.40 bits per heavy atom. The molecular formula is C16H17BrN2O. The maximum Gasteiger partial charge on any atom is 0.272 e. The lowest BCUT2D eigenvalue weighted by Gasteiger charge is -2.25. The third-order valence-corrected chi connectivity index (χ3v) is 3.88. The van der Waals surface area contributed by atoms with Crippen molar-refractivity contribution in [1.29, 1.82) is 0 Å². The third-order valence-electron chi connectivity index (χ3n) is 3.41. The van der Waals surface area contributed by atoms with Crippen LogP contribution in [0.3, 0.4) is 0 Å². The molecule has 104 valence electrons. The number of hydrogen-bond acceptors (Lipinski definition) is 2. The lowest BCUT2D eigenvalue weighted by atomic mass is 10.1. The summed E-state index contributed by atoms with van der Waals surface area (Å²) in [5, 5.41) is 0. The van der Waals surface area contributed by atoms with E-state index in [1.807, 2.05) is 13.0 Å². The molecule has 0 radical (unpaired) electrons. The number of aromatic nitrogens is 1. The number of aryl methyl sites for hydroxylation is 1. The summed E-state index contributed by atoms with van der Waals surface area (Å²) in [6.45, 7) is 4.07. The summed E-state index contributed by atoms with van der Waals surface area (Å²) in [5.41, 5.74) is 2.78. The van der Waals surface area contributed by atoms with E-state index in [1.165, 1.54) is 5.56 Å². The molecule has 20 heavy (non-hydrogen) atoms. The summed E-state index contributed by atoms with van der Waals surface area (Å²) in [5.74, 6) is -0.0782. The van der Waals surface area contributed by atoms with Crippen LogP contribution >= 0.6 is 15.9 Å². The van der Waals surface area contributed by atoms with Crippen LogP contribution in [0.2, 0.25) is 0 Å². The maximum atomic E-state index is 12.4. The summed E-state index contributed by atoms with van der Waals surface area (Å²) in [7, 11) is 1.80. The average molecular weight is 333 g/mol. The Balaban J connectivity index is 2.17. The van der Waals surface area contributed by atoms with Crippen LogP contribution in [-0.2, 0) is 0 Å². The van der Waals surface area contributed by atoms with Crippen molar-refractivity contribution in [3.8, 4) is 0 Å². The SMILES string of the molecule is Cc1ccc(C(C)N(C)C(=O)c2ccc(Br)cn2)cc1. The van der Waals surface area contributed by atoms with Crippen LogP contribution in [0.5, 0.6) is 0 Å². The van der Waals surface area contributed by atoms with Gasteiger partial charge in [-0.3, -0.25) is 4.79 Å². The minimum absolute atomic E-state index is 0.00791. The molecule has 0 saturated carbocycles. The van der Waals surface area contributed by atoms with Crippen LogP contribution in [-0.4, -0.2) is 22.8 Å². The first kappa shape index (κ1) is 14.7. The first-order valence-electron chi connectivity index (χ1n) is 6.44. The molecule has 2 rings (SSSR count). The number of carbonyl (C=O) groups excluding carboxylic acids is 1. The number of nitrogens with zero attached hydrogens (tertiary/aromatic N) is 2. The molecule has 4 heteroatoms. The van der Waals surface area contributed by atoms with E-state index < -0.39 is 0 Å². The molecule has 1 unspecified atom stereocenters. The van der Waals surface area contributed by atoms with Gasteiger partial charge in [0.2, 0.25) is 0 Å². The summed E-state index contributed by atoms with van der Waals surface area (Å²) < 4.78 is 0.864. The Labute approximate surface area is 127 Å². The van der Waals surface area contributed by atoms with Crippen LogP contribution in [0.1, 0.15) is 34.6 Å². The number of amides is 1. The van der Waals surface area contributed by atoms with Gasteiger partial charge in [0, 0.05) is 17.7 Å². The van der Waals surface area contributed by atoms with Gasteiger partial charge in [-0.2, -0.15) is 0 Å². The lowest BCUT2D eigenvalue weighted by molar-refractivity contribution is 0.0736. The van der Waals surface area contributed by atoms with E-state index >= 15 is 0 Å². The zero-order chi connectivity index (χ0) is 14.7. The summed E-state index contributed by atoms with van der Waals surface area (Å²) >= 11 is 3.32. The van der Waals surface area contributed by atoms with Gasteiger partial charge in [-0.15, -0.1) is 0 Å². The average Bonchev–Trinajstić information content (AvgIpc) is 2.46. The van der Waals surface area contributed by atoms with Crippen molar-refractivity contribution >= 4 is 21.8 Å². The second-order valence-corrected chi connectivity index (χ2v) is 5.78. The zero-order valence-electron chi connectivity index (χ0n) is 11.8. The van der Waals surface area contributed by atoms with Gasteiger partial charge in [0.25, 0.3) is 5.91 Å². The molecule has 0 spiro atoms. The van der Waals surface area contributed by atoms with Crippen molar-refractivity contribution in [2.45, 2.75) is 19.9 Å². The molecule has 0 saturated heterocycles. The van der Waals surface area contributed by atoms with E-state index in [2.05, 4.69) is 52.1 Å². The highest BCUT2D eigenvalue weighted by molar-refractivity contribution is 9.10. The molecule has 0 fully saturated rings. The van der Waals surface area contributed by atoms with Crippen LogP contribution in [0, 0.1) is 6.92 Å². The Bertz CT molecular complexity index is 593. The van der Waals surface area contributed by atoms with Crippen LogP contribution in [0.15, 0.2) is 47.1 Å². The Morgan fingerprint density at radius 2 is 1.85 bits per heavy atom. The van der Waals surface area contributed by atoms with E-state index in [9.17, 15) is 4.79 Å². The van der Waals surface area contributed by atoms with Gasteiger partial charge in [-0.05, 0) is 47.5 Å². The molecule has 0 aliphatic rings. The van der Waals surface area contributed by atoms with Gasteiger partial charge >= 0.3 is 0 Å². The Hall–Kier alpha value is -1.68. The summed E-state index contributed by atoms with van der Waals surface area (Å²) in [4.78, 5) is 18.2. The molecular weight excluding hydrogens is 316 g/mol. The van der Waals surface area contributed by atoms with Crippen molar-refractivity contribution in [2.75, 3.05) is 7.05 Å². The van der Waals surface area contributed by atoms with E-state index in [0.29, 0.717) is 5.69 Å². The monoisotopic (exact) mass is 332 g/mol. The predicted molar refractivity (Wildman–Crippen MR) is 83.6 cm³/mol. The van der Waals surface area contributed by atoms with Gasteiger partial charge in [0.15, 0.2) is 0 Å². The van der Waals surface area contributed by atoms with Gasteiger partial charge in [-0.1, -0.05) is 29.8 Å². The molecule has 3 nitrogen and oxygen atoms in total. The number of carbonyl (C=O) groups is 1. The van der Waals surface area contributed by atoms with Crippen LogP contribution < -0.4 is 0 Å². The Kier molecular flexibility index (Phi) is 4.55. The second-order valence-electron chi connectivity index (χ2n) is 4.86. The van der Waals surface area contributed by atoms with E-state index in [-0.39, 0.29) is 11.9 Å². The quantitative estimate of drug-likeness (QED) is 0.851. The fraction of sp³-hybridized carbons (Fsp3) is 0.250. The molecule has 0 aliphatic carbocycles. The van der Waals surface area contributed by atoms with Crippen molar-refractivity contribution in [3.05, 3.63) is 63.9 Å². The summed E-state index contributed by atoms with van der Waals surface area (Å²) in [6, 6.07) is 11.8. The number of benzene rings is 1. The van der Waals surface area contributed by atoms with Gasteiger partial charge in [-0.25, -0.2) is 4.98 Å². The first-order valence-corrected chi connectivity index (χ1v) is 7.23. The minimum Gasteiger partial charge on any atom is -0.334 e. The minimum atomic E-state index is -0.0782. The van der Waals surface area contributed by atoms with Crippen molar-refractivity contribution < 1.29 is 4.79 Å². The molecule has 1 atom stereocenters. The highest BCUT2D eigenvalue weighted by Crippen LogP contribution is 2.21. The van der Waals surface area contributed by atoms with Gasteiger partial charge in [0.1, 0.15) is 5.69 Å². The lowest BCUT2D eigenvalue weighted by Crippen LogP contribution is -2.30. The van der Waals surface area contributed by atoms with Crippen LogP contribution in [0.4, 0.5) is 0 Å². The maximum absolute atomic E-state index is 12.4. The molecule has 1 aromatic heterocycles. The second kappa shape index (κ2) is 6.18. The third kappa shape index (κ3) is 3.25. The van der Waals surface area contributed by atoms with E-state index in [1.54, 1.807) is 24.2 Å². The van der Waals surface area contributed by atoms with E-state index in [0.717, 1.165) is 10.0 Å². The van der Waals surface area contributed by atoms with Crippen molar-refractivity contribution in [2.24, 2.45) is 0 Å². The van der Waals surface area contributed by atoms with Crippen LogP contribution in [0.25, 0.3) is 0 Å². The smallest absolute Gasteiger partial charge is 0.272 e. The molecule has 1 heterocycles. The van der Waals surface area contributed by atoms with Crippen molar-refractivity contribution in [3.63, 3.8) is 0 Å². The highest BCUT2D eigenvalue weighted by atomic mass is 79.9. The number of hydrogen-bond donors (Lipinski definition) is 0. The zero-order valence-corrected chi connectivity index (χ0v) is 13.4. The molecule has 0 aliphatic heterocycles. The van der Waals surface area contributed by atoms with E-state index in [4.69, 9.17) is 0 Å². The number of pyridine rings is 1. The molecule has 1 amide bonds. The molecule has 1 aromatic carbocycles. The topological polar surface area (TPSA) is 33.2 Å². The number of rotatable bonds is 3. The predicted octanol–water partition coefficient (Wildman–Crippen LogP) is 3.99. The largest absolute Gasteiger partial charge is 0.334 e. The molecule has 2 aromatic rings. The van der Waals surface area contributed by atoms with Crippen molar-refractivity contribution in [1.82, 2.24) is 9.88 Å². The summed E-state index contributed by atoms with van der Waals surface area (Å²) in [6.07, 6.45) is 1.64. The fourth-order valence-corrected chi connectivity index (χ4v) is 2.16. The first-order chi connectivity index (χ1) is 9.49. The fourth-order valence-electron chi connectivity index (χ4n) is 1.93. The number of halogens is 1. The Morgan fingerprint density at radius 1 is 1.20 bits per heavy atom.